The molecule has 2 aromatic carbocycles. The summed E-state index contributed by atoms with van der Waals surface area (Å²) in [6.45, 7) is 0.602. The zero-order valence-electron chi connectivity index (χ0n) is 12.7. The summed E-state index contributed by atoms with van der Waals surface area (Å²) in [5.41, 5.74) is 2.02. The van der Waals surface area contributed by atoms with Crippen molar-refractivity contribution in [2.24, 2.45) is 0 Å². The molecule has 1 aromatic heterocycles. The number of nitrogens with zero attached hydrogens (tertiary/aromatic N) is 2. The number of benzene rings is 2. The van der Waals surface area contributed by atoms with Crippen LogP contribution in [0.15, 0.2) is 67.0 Å². The Morgan fingerprint density at radius 3 is 2.58 bits per heavy atom. The van der Waals surface area contributed by atoms with E-state index in [2.05, 4.69) is 10.4 Å². The van der Waals surface area contributed by atoms with E-state index in [1.807, 2.05) is 30.5 Å². The summed E-state index contributed by atoms with van der Waals surface area (Å²) in [7, 11) is 0. The third kappa shape index (κ3) is 3.67. The van der Waals surface area contributed by atoms with Crippen molar-refractivity contribution in [3.05, 3.63) is 83.7 Å². The molecule has 0 aliphatic rings. The Hall–Kier alpha value is -3.41. The fourth-order valence-electron chi connectivity index (χ4n) is 2.33. The van der Waals surface area contributed by atoms with Crippen LogP contribution in [0.5, 0.6) is 0 Å². The summed E-state index contributed by atoms with van der Waals surface area (Å²) < 4.78 is 1.79. The monoisotopic (exact) mass is 321 g/mol. The summed E-state index contributed by atoms with van der Waals surface area (Å²) in [4.78, 5) is 23.3. The van der Waals surface area contributed by atoms with Crippen LogP contribution in [0.2, 0.25) is 0 Å². The Bertz CT molecular complexity index is 873. The Labute approximate surface area is 138 Å². The number of carboxylic acids is 1. The van der Waals surface area contributed by atoms with Gasteiger partial charge in [0.05, 0.1) is 12.1 Å². The smallest absolute Gasteiger partial charge is 0.335 e. The molecule has 0 fully saturated rings. The maximum Gasteiger partial charge on any atom is 0.335 e. The molecule has 120 valence electrons. The van der Waals surface area contributed by atoms with Crippen LogP contribution in [0.25, 0.3) is 0 Å². The second-order valence-corrected chi connectivity index (χ2v) is 5.24. The van der Waals surface area contributed by atoms with Gasteiger partial charge in [-0.2, -0.15) is 5.10 Å². The van der Waals surface area contributed by atoms with Gasteiger partial charge < -0.3 is 10.4 Å². The van der Waals surface area contributed by atoms with Gasteiger partial charge >= 0.3 is 5.97 Å². The summed E-state index contributed by atoms with van der Waals surface area (Å²) in [5, 5.41) is 15.9. The lowest BCUT2D eigenvalue weighted by Crippen LogP contribution is -2.13. The Kier molecular flexibility index (Phi) is 4.38. The number of carbonyl (C=O) groups is 2. The van der Waals surface area contributed by atoms with Crippen molar-refractivity contribution in [2.45, 2.75) is 6.54 Å². The van der Waals surface area contributed by atoms with Crippen molar-refractivity contribution in [1.29, 1.82) is 0 Å². The molecular formula is C18H15N3O3. The van der Waals surface area contributed by atoms with E-state index in [4.69, 9.17) is 5.11 Å². The van der Waals surface area contributed by atoms with Gasteiger partial charge in [-0.3, -0.25) is 9.48 Å². The number of amides is 1. The molecule has 6 nitrogen and oxygen atoms in total. The fraction of sp³-hybridized carbons (Fsp3) is 0.0556. The maximum atomic E-state index is 12.3. The lowest BCUT2D eigenvalue weighted by molar-refractivity contribution is 0.0697. The zero-order valence-corrected chi connectivity index (χ0v) is 12.7. The summed E-state index contributed by atoms with van der Waals surface area (Å²) in [6.07, 6.45) is 3.57. The highest BCUT2D eigenvalue weighted by atomic mass is 16.4. The molecule has 0 saturated heterocycles. The van der Waals surface area contributed by atoms with Crippen LogP contribution in [0.1, 0.15) is 26.3 Å². The highest BCUT2D eigenvalue weighted by Gasteiger charge is 2.10. The number of aromatic nitrogens is 2. The molecular weight excluding hydrogens is 306 g/mol. The van der Waals surface area contributed by atoms with Gasteiger partial charge in [0.15, 0.2) is 0 Å². The van der Waals surface area contributed by atoms with Crippen LogP contribution in [-0.2, 0) is 6.54 Å². The number of anilines is 1. The molecule has 2 N–H and O–H groups in total. The molecule has 0 atom stereocenters. The molecule has 0 radical (unpaired) electrons. The van der Waals surface area contributed by atoms with Gasteiger partial charge in [0.1, 0.15) is 0 Å². The normalized spacial score (nSPS) is 10.3. The number of carbonyl (C=O) groups excluding carboxylic acids is 1. The van der Waals surface area contributed by atoms with E-state index in [-0.39, 0.29) is 11.5 Å². The second kappa shape index (κ2) is 6.78. The summed E-state index contributed by atoms with van der Waals surface area (Å²) in [5.74, 6) is -1.42. The zero-order chi connectivity index (χ0) is 16.9. The average molecular weight is 321 g/mol. The first kappa shape index (κ1) is 15.5. The van der Waals surface area contributed by atoms with Gasteiger partial charge in [0, 0.05) is 23.6 Å². The van der Waals surface area contributed by atoms with Crippen molar-refractivity contribution in [3.8, 4) is 0 Å². The first-order valence-electron chi connectivity index (χ1n) is 7.33. The molecule has 3 aromatic rings. The summed E-state index contributed by atoms with van der Waals surface area (Å²) >= 11 is 0. The second-order valence-electron chi connectivity index (χ2n) is 5.24. The molecule has 1 amide bonds. The van der Waals surface area contributed by atoms with Crippen molar-refractivity contribution < 1.29 is 14.7 Å². The first-order valence-corrected chi connectivity index (χ1v) is 7.33. The van der Waals surface area contributed by atoms with E-state index < -0.39 is 5.97 Å². The van der Waals surface area contributed by atoms with Crippen LogP contribution < -0.4 is 5.32 Å². The highest BCUT2D eigenvalue weighted by Crippen LogP contribution is 2.14. The van der Waals surface area contributed by atoms with Gasteiger partial charge in [0.2, 0.25) is 0 Å². The van der Waals surface area contributed by atoms with Crippen LogP contribution in [0.3, 0.4) is 0 Å². The molecule has 0 spiro atoms. The van der Waals surface area contributed by atoms with Gasteiger partial charge in [-0.15, -0.1) is 0 Å². The van der Waals surface area contributed by atoms with E-state index in [1.165, 1.54) is 12.1 Å². The third-order valence-electron chi connectivity index (χ3n) is 3.46. The van der Waals surface area contributed by atoms with Crippen LogP contribution >= 0.6 is 0 Å². The standard InChI is InChI=1S/C18H15N3O3/c22-17(14-5-2-6-15(11-14)18(23)24)20-16-7-1-4-13(10-16)12-21-9-3-8-19-21/h1-11H,12H2,(H,20,22)(H,23,24). The van der Waals surface area contributed by atoms with Gasteiger partial charge in [-0.25, -0.2) is 4.79 Å². The first-order chi connectivity index (χ1) is 11.6. The molecule has 0 bridgehead atoms. The Morgan fingerprint density at radius 1 is 1.04 bits per heavy atom. The highest BCUT2D eigenvalue weighted by molar-refractivity contribution is 6.05. The van der Waals surface area contributed by atoms with Gasteiger partial charge in [0.25, 0.3) is 5.91 Å². The topological polar surface area (TPSA) is 84.2 Å². The van der Waals surface area contributed by atoms with E-state index in [9.17, 15) is 9.59 Å². The number of hydrogen-bond acceptors (Lipinski definition) is 3. The molecule has 6 heteroatoms. The number of rotatable bonds is 5. The van der Waals surface area contributed by atoms with E-state index in [1.54, 1.807) is 29.1 Å². The molecule has 1 heterocycles. The van der Waals surface area contributed by atoms with Gasteiger partial charge in [-0.05, 0) is 42.0 Å². The lowest BCUT2D eigenvalue weighted by Gasteiger charge is -2.08. The van der Waals surface area contributed by atoms with E-state index >= 15 is 0 Å². The lowest BCUT2D eigenvalue weighted by atomic mass is 10.1. The summed E-state index contributed by atoms with van der Waals surface area (Å²) in [6, 6.07) is 15.2. The molecule has 3 rings (SSSR count). The number of aromatic carboxylic acids is 1. The predicted octanol–water partition coefficient (Wildman–Crippen LogP) is 2.88. The molecule has 0 aliphatic heterocycles. The van der Waals surface area contributed by atoms with Crippen LogP contribution in [-0.4, -0.2) is 26.8 Å². The SMILES string of the molecule is O=C(O)c1cccc(C(=O)Nc2cccc(Cn3cccn3)c2)c1. The number of nitrogens with one attached hydrogen (secondary N) is 1. The predicted molar refractivity (Wildman–Crippen MR) is 89.1 cm³/mol. The molecule has 0 unspecified atom stereocenters. The molecule has 24 heavy (non-hydrogen) atoms. The van der Waals surface area contributed by atoms with Crippen molar-refractivity contribution >= 4 is 17.6 Å². The van der Waals surface area contributed by atoms with E-state index in [0.717, 1.165) is 5.56 Å². The minimum Gasteiger partial charge on any atom is -0.478 e. The minimum absolute atomic E-state index is 0.0788. The molecule has 0 saturated carbocycles. The largest absolute Gasteiger partial charge is 0.478 e. The van der Waals surface area contributed by atoms with Crippen LogP contribution in [0.4, 0.5) is 5.69 Å². The maximum absolute atomic E-state index is 12.3. The van der Waals surface area contributed by atoms with E-state index in [0.29, 0.717) is 17.8 Å². The van der Waals surface area contributed by atoms with Crippen molar-refractivity contribution in [3.63, 3.8) is 0 Å². The third-order valence-corrected chi connectivity index (χ3v) is 3.46. The number of carboxylic acid groups (broad SMARTS) is 1. The van der Waals surface area contributed by atoms with Crippen molar-refractivity contribution in [2.75, 3.05) is 5.32 Å². The Morgan fingerprint density at radius 2 is 1.83 bits per heavy atom. The fourth-order valence-corrected chi connectivity index (χ4v) is 2.33. The molecule has 0 aliphatic carbocycles. The van der Waals surface area contributed by atoms with Crippen LogP contribution in [0, 0.1) is 0 Å². The van der Waals surface area contributed by atoms with Crippen molar-refractivity contribution in [1.82, 2.24) is 9.78 Å². The average Bonchev–Trinajstić information content (AvgIpc) is 3.08. The van der Waals surface area contributed by atoms with Gasteiger partial charge in [-0.1, -0.05) is 18.2 Å². The number of hydrogen-bond donors (Lipinski definition) is 2. The quantitative estimate of drug-likeness (QED) is 0.757. The Balaban J connectivity index is 1.74. The minimum atomic E-state index is -1.06.